The molecule has 1 aromatic rings. The summed E-state index contributed by atoms with van der Waals surface area (Å²) in [5, 5.41) is 0. The quantitative estimate of drug-likeness (QED) is 0.732. The Morgan fingerprint density at radius 1 is 1.29 bits per heavy atom. The summed E-state index contributed by atoms with van der Waals surface area (Å²) in [5.41, 5.74) is 0.731. The number of rotatable bonds is 5. The van der Waals surface area contributed by atoms with Crippen LogP contribution in [0.25, 0.3) is 0 Å². The van der Waals surface area contributed by atoms with Gasteiger partial charge in [-0.25, -0.2) is 0 Å². The van der Waals surface area contributed by atoms with E-state index in [1.165, 1.54) is 0 Å². The van der Waals surface area contributed by atoms with E-state index in [-0.39, 0.29) is 18.5 Å². The molecule has 1 aliphatic heterocycles. The van der Waals surface area contributed by atoms with Crippen LogP contribution in [-0.2, 0) is 0 Å². The Bertz CT molecular complexity index is 412. The molecule has 0 spiro atoms. The molecule has 0 bridgehead atoms. The molecule has 2 rings (SSSR count). The van der Waals surface area contributed by atoms with E-state index >= 15 is 0 Å². The van der Waals surface area contributed by atoms with Gasteiger partial charge < -0.3 is 9.47 Å². The first kappa shape index (κ1) is 12.0. The van der Waals surface area contributed by atoms with Gasteiger partial charge in [0, 0.05) is 11.5 Å². The number of carbonyl (C=O) groups is 1. The van der Waals surface area contributed by atoms with Crippen molar-refractivity contribution in [2.75, 3.05) is 6.79 Å². The van der Waals surface area contributed by atoms with Crippen molar-refractivity contribution in [3.8, 4) is 11.5 Å². The van der Waals surface area contributed by atoms with Gasteiger partial charge in [-0.05, 0) is 31.0 Å². The highest BCUT2D eigenvalue weighted by Gasteiger charge is 2.20. The average Bonchev–Trinajstić information content (AvgIpc) is 2.82. The minimum absolute atomic E-state index is 0.125. The topological polar surface area (TPSA) is 35.5 Å². The van der Waals surface area contributed by atoms with Gasteiger partial charge in [0.25, 0.3) is 0 Å². The zero-order chi connectivity index (χ0) is 12.3. The van der Waals surface area contributed by atoms with Gasteiger partial charge in [-0.1, -0.05) is 20.3 Å². The van der Waals surface area contributed by atoms with Crippen molar-refractivity contribution in [3.05, 3.63) is 23.8 Å². The first-order valence-electron chi connectivity index (χ1n) is 6.20. The Morgan fingerprint density at radius 3 is 2.76 bits per heavy atom. The van der Waals surface area contributed by atoms with Crippen LogP contribution in [0.4, 0.5) is 0 Å². The van der Waals surface area contributed by atoms with Crippen molar-refractivity contribution >= 4 is 5.78 Å². The summed E-state index contributed by atoms with van der Waals surface area (Å²) in [7, 11) is 0. The van der Waals surface area contributed by atoms with Crippen molar-refractivity contribution in [1.82, 2.24) is 0 Å². The van der Waals surface area contributed by atoms with Crippen molar-refractivity contribution in [1.29, 1.82) is 0 Å². The molecule has 17 heavy (non-hydrogen) atoms. The zero-order valence-electron chi connectivity index (χ0n) is 10.4. The van der Waals surface area contributed by atoms with E-state index in [1.807, 2.05) is 12.1 Å². The highest BCUT2D eigenvalue weighted by molar-refractivity contribution is 5.98. The first-order chi connectivity index (χ1) is 8.26. The van der Waals surface area contributed by atoms with Crippen LogP contribution in [-0.4, -0.2) is 12.6 Å². The van der Waals surface area contributed by atoms with Gasteiger partial charge in [-0.15, -0.1) is 0 Å². The van der Waals surface area contributed by atoms with Crippen molar-refractivity contribution < 1.29 is 14.3 Å². The molecule has 0 aliphatic carbocycles. The molecule has 1 unspecified atom stereocenters. The normalized spacial score (nSPS) is 14.7. The van der Waals surface area contributed by atoms with Crippen molar-refractivity contribution in [2.45, 2.75) is 33.1 Å². The van der Waals surface area contributed by atoms with Gasteiger partial charge in [0.2, 0.25) is 6.79 Å². The molecule has 3 heteroatoms. The number of ketones is 1. The second kappa shape index (κ2) is 5.21. The van der Waals surface area contributed by atoms with E-state index in [0.717, 1.165) is 30.6 Å². The summed E-state index contributed by atoms with van der Waals surface area (Å²) in [6.07, 6.45) is 2.87. The fourth-order valence-corrected chi connectivity index (χ4v) is 2.15. The summed E-state index contributed by atoms with van der Waals surface area (Å²) in [5.74, 6) is 1.75. The number of fused-ring (bicyclic) bond motifs is 1. The zero-order valence-corrected chi connectivity index (χ0v) is 10.4. The highest BCUT2D eigenvalue weighted by Crippen LogP contribution is 2.33. The number of Topliss-reactive ketones (excluding diaryl/α,β-unsaturated/α-hetero) is 1. The molecular weight excluding hydrogens is 216 g/mol. The number of ether oxygens (including phenoxy) is 2. The fourth-order valence-electron chi connectivity index (χ4n) is 2.15. The second-order valence-corrected chi connectivity index (χ2v) is 4.33. The third-order valence-electron chi connectivity index (χ3n) is 3.16. The van der Waals surface area contributed by atoms with E-state index in [4.69, 9.17) is 9.47 Å². The minimum Gasteiger partial charge on any atom is -0.454 e. The molecule has 0 N–H and O–H groups in total. The van der Waals surface area contributed by atoms with Crippen LogP contribution in [0, 0.1) is 5.92 Å². The lowest BCUT2D eigenvalue weighted by Crippen LogP contribution is -2.13. The van der Waals surface area contributed by atoms with Gasteiger partial charge >= 0.3 is 0 Å². The smallest absolute Gasteiger partial charge is 0.231 e. The van der Waals surface area contributed by atoms with Crippen LogP contribution in [0.1, 0.15) is 43.5 Å². The van der Waals surface area contributed by atoms with Gasteiger partial charge in [0.15, 0.2) is 17.3 Å². The Morgan fingerprint density at radius 2 is 2.06 bits per heavy atom. The first-order valence-corrected chi connectivity index (χ1v) is 6.20. The minimum atomic E-state index is 0.125. The molecule has 0 saturated heterocycles. The summed E-state index contributed by atoms with van der Waals surface area (Å²) in [6.45, 7) is 4.42. The van der Waals surface area contributed by atoms with E-state index in [2.05, 4.69) is 13.8 Å². The molecule has 0 fully saturated rings. The molecule has 0 saturated carbocycles. The van der Waals surface area contributed by atoms with Crippen LogP contribution in [0.2, 0.25) is 0 Å². The monoisotopic (exact) mass is 234 g/mol. The Balaban J connectivity index is 2.19. The summed E-state index contributed by atoms with van der Waals surface area (Å²) in [4.78, 5) is 12.3. The molecule has 1 heterocycles. The molecule has 3 nitrogen and oxygen atoms in total. The highest BCUT2D eigenvalue weighted by atomic mass is 16.7. The van der Waals surface area contributed by atoms with E-state index in [0.29, 0.717) is 5.75 Å². The van der Waals surface area contributed by atoms with Crippen LogP contribution in [0.15, 0.2) is 18.2 Å². The summed E-state index contributed by atoms with van der Waals surface area (Å²) in [6, 6.07) is 5.44. The third kappa shape index (κ3) is 2.43. The maximum atomic E-state index is 12.3. The Kier molecular flexibility index (Phi) is 3.67. The summed E-state index contributed by atoms with van der Waals surface area (Å²) >= 11 is 0. The molecule has 1 aliphatic rings. The van der Waals surface area contributed by atoms with Gasteiger partial charge in [0.1, 0.15) is 0 Å². The predicted octanol–water partition coefficient (Wildman–Crippen LogP) is 3.42. The lowest BCUT2D eigenvalue weighted by molar-refractivity contribution is 0.0909. The SMILES string of the molecule is CCCC(CC)C(=O)c1ccc2c(c1)OCO2. The molecule has 92 valence electrons. The molecule has 1 atom stereocenters. The maximum absolute atomic E-state index is 12.3. The number of carbonyl (C=O) groups excluding carboxylic acids is 1. The number of hydrogen-bond donors (Lipinski definition) is 0. The second-order valence-electron chi connectivity index (χ2n) is 4.33. The van der Waals surface area contributed by atoms with Crippen LogP contribution >= 0.6 is 0 Å². The standard InChI is InChI=1S/C14H18O3/c1-3-5-10(4-2)14(15)11-6-7-12-13(8-11)17-9-16-12/h6-8,10H,3-5,9H2,1-2H3. The van der Waals surface area contributed by atoms with E-state index in [9.17, 15) is 4.79 Å². The van der Waals surface area contributed by atoms with E-state index in [1.54, 1.807) is 6.07 Å². The molecule has 0 radical (unpaired) electrons. The summed E-state index contributed by atoms with van der Waals surface area (Å²) < 4.78 is 10.5. The largest absolute Gasteiger partial charge is 0.454 e. The third-order valence-corrected chi connectivity index (χ3v) is 3.16. The Labute approximate surface area is 102 Å². The van der Waals surface area contributed by atoms with Crippen molar-refractivity contribution in [3.63, 3.8) is 0 Å². The maximum Gasteiger partial charge on any atom is 0.231 e. The Hall–Kier alpha value is -1.51. The van der Waals surface area contributed by atoms with Gasteiger partial charge in [0.05, 0.1) is 0 Å². The van der Waals surface area contributed by atoms with Gasteiger partial charge in [-0.3, -0.25) is 4.79 Å². The lowest BCUT2D eigenvalue weighted by Gasteiger charge is -2.12. The molecule has 0 amide bonds. The molecular formula is C14H18O3. The predicted molar refractivity (Wildman–Crippen MR) is 65.6 cm³/mol. The van der Waals surface area contributed by atoms with Crippen LogP contribution < -0.4 is 9.47 Å². The fraction of sp³-hybridized carbons (Fsp3) is 0.500. The molecule has 1 aromatic carbocycles. The van der Waals surface area contributed by atoms with E-state index < -0.39 is 0 Å². The average molecular weight is 234 g/mol. The van der Waals surface area contributed by atoms with Gasteiger partial charge in [-0.2, -0.15) is 0 Å². The number of hydrogen-bond acceptors (Lipinski definition) is 3. The lowest BCUT2D eigenvalue weighted by atomic mass is 9.91. The number of benzene rings is 1. The van der Waals surface area contributed by atoms with Crippen molar-refractivity contribution in [2.24, 2.45) is 5.92 Å². The van der Waals surface area contributed by atoms with Crippen LogP contribution in [0.5, 0.6) is 11.5 Å². The molecule has 0 aromatic heterocycles. The van der Waals surface area contributed by atoms with Crippen LogP contribution in [0.3, 0.4) is 0 Å².